The van der Waals surface area contributed by atoms with Crippen molar-refractivity contribution >= 4 is 23.5 Å². The number of hydrazine groups is 1. The average molecular weight is 272 g/mol. The lowest BCUT2D eigenvalue weighted by molar-refractivity contribution is 0.0949. The number of nitrogens with one attached hydrogen (secondary N) is 2. The van der Waals surface area contributed by atoms with Gasteiger partial charge in [-0.1, -0.05) is 0 Å². The lowest BCUT2D eigenvalue weighted by Gasteiger charge is -2.07. The van der Waals surface area contributed by atoms with Crippen LogP contribution in [0, 0.1) is 5.82 Å². The molecule has 7 heteroatoms. The molecule has 0 fully saturated rings. The predicted octanol–water partition coefficient (Wildman–Crippen LogP) is 1.38. The summed E-state index contributed by atoms with van der Waals surface area (Å²) in [4.78, 5) is 15.4. The standard InChI is InChI=1S/C11H17FN4OS/c1-18-7-3-2-5-15-11(17)8-4-6-14-10(16-13)9(8)12/h4,6H,2-3,5,7,13H2,1H3,(H,14,16)(H,15,17). The number of nitrogen functional groups attached to an aromatic ring is 1. The number of unbranched alkanes of at least 4 members (excludes halogenated alkanes) is 1. The molecule has 0 saturated carbocycles. The Balaban J connectivity index is 2.51. The molecule has 0 radical (unpaired) electrons. The van der Waals surface area contributed by atoms with Crippen LogP contribution >= 0.6 is 11.8 Å². The number of pyridine rings is 1. The Labute approximate surface area is 110 Å². The van der Waals surface area contributed by atoms with Gasteiger partial charge in [0.2, 0.25) is 0 Å². The van der Waals surface area contributed by atoms with Crippen LogP contribution in [0.25, 0.3) is 0 Å². The summed E-state index contributed by atoms with van der Waals surface area (Å²) in [5, 5.41) is 2.67. The van der Waals surface area contributed by atoms with Crippen molar-refractivity contribution in [2.24, 2.45) is 5.84 Å². The van der Waals surface area contributed by atoms with E-state index >= 15 is 0 Å². The third kappa shape index (κ3) is 4.15. The summed E-state index contributed by atoms with van der Waals surface area (Å²) in [6.07, 6.45) is 5.27. The second kappa shape index (κ2) is 7.88. The summed E-state index contributed by atoms with van der Waals surface area (Å²) >= 11 is 1.76. The minimum absolute atomic E-state index is 0.0529. The zero-order valence-electron chi connectivity index (χ0n) is 10.2. The molecule has 100 valence electrons. The molecule has 0 bridgehead atoms. The number of halogens is 1. The number of carbonyl (C=O) groups excluding carboxylic acids is 1. The molecule has 0 unspecified atom stereocenters. The zero-order valence-corrected chi connectivity index (χ0v) is 11.0. The van der Waals surface area contributed by atoms with Crippen molar-refractivity contribution in [2.45, 2.75) is 12.8 Å². The number of nitrogens with zero attached hydrogens (tertiary/aromatic N) is 1. The third-order valence-corrected chi connectivity index (χ3v) is 3.03. The Hall–Kier alpha value is -1.34. The Morgan fingerprint density at radius 2 is 2.33 bits per heavy atom. The van der Waals surface area contributed by atoms with E-state index < -0.39 is 11.7 Å². The fourth-order valence-corrected chi connectivity index (χ4v) is 1.88. The molecule has 1 heterocycles. The van der Waals surface area contributed by atoms with Crippen LogP contribution in [0.4, 0.5) is 10.2 Å². The number of aromatic nitrogens is 1. The maximum absolute atomic E-state index is 13.7. The molecule has 0 spiro atoms. The van der Waals surface area contributed by atoms with Gasteiger partial charge in [-0.2, -0.15) is 11.8 Å². The van der Waals surface area contributed by atoms with Crippen molar-refractivity contribution in [1.82, 2.24) is 10.3 Å². The fraction of sp³-hybridized carbons (Fsp3) is 0.455. The van der Waals surface area contributed by atoms with Gasteiger partial charge in [-0.3, -0.25) is 4.79 Å². The van der Waals surface area contributed by atoms with Crippen LogP contribution in [0.2, 0.25) is 0 Å². The van der Waals surface area contributed by atoms with Crippen LogP contribution in [0.5, 0.6) is 0 Å². The van der Waals surface area contributed by atoms with Crippen molar-refractivity contribution in [3.8, 4) is 0 Å². The number of anilines is 1. The first-order chi connectivity index (χ1) is 8.70. The maximum Gasteiger partial charge on any atom is 0.254 e. The lowest BCUT2D eigenvalue weighted by Crippen LogP contribution is -2.26. The molecule has 18 heavy (non-hydrogen) atoms. The molecule has 4 N–H and O–H groups in total. The third-order valence-electron chi connectivity index (χ3n) is 2.33. The highest BCUT2D eigenvalue weighted by Crippen LogP contribution is 2.13. The van der Waals surface area contributed by atoms with Gasteiger partial charge in [0.15, 0.2) is 11.6 Å². The predicted molar refractivity (Wildman–Crippen MR) is 72.0 cm³/mol. The molecule has 0 aliphatic rings. The van der Waals surface area contributed by atoms with Gasteiger partial charge in [0, 0.05) is 12.7 Å². The maximum atomic E-state index is 13.7. The molecule has 0 atom stereocenters. The molecule has 0 aliphatic carbocycles. The van der Waals surface area contributed by atoms with Gasteiger partial charge in [0.1, 0.15) is 0 Å². The van der Waals surface area contributed by atoms with E-state index in [0.29, 0.717) is 6.54 Å². The van der Waals surface area contributed by atoms with Crippen LogP contribution in [-0.2, 0) is 0 Å². The minimum Gasteiger partial charge on any atom is -0.352 e. The molecular weight excluding hydrogens is 255 g/mol. The van der Waals surface area contributed by atoms with Crippen LogP contribution < -0.4 is 16.6 Å². The van der Waals surface area contributed by atoms with Gasteiger partial charge in [0.05, 0.1) is 5.56 Å². The van der Waals surface area contributed by atoms with E-state index in [0.717, 1.165) is 18.6 Å². The van der Waals surface area contributed by atoms with Gasteiger partial charge in [-0.15, -0.1) is 0 Å². The lowest BCUT2D eigenvalue weighted by atomic mass is 10.2. The van der Waals surface area contributed by atoms with Crippen molar-refractivity contribution < 1.29 is 9.18 Å². The van der Waals surface area contributed by atoms with Crippen LogP contribution in [0.1, 0.15) is 23.2 Å². The Morgan fingerprint density at radius 1 is 1.56 bits per heavy atom. The smallest absolute Gasteiger partial charge is 0.254 e. The van der Waals surface area contributed by atoms with Crippen molar-refractivity contribution in [3.05, 3.63) is 23.6 Å². The SMILES string of the molecule is CSCCCCNC(=O)c1ccnc(NN)c1F. The normalized spacial score (nSPS) is 10.2. The Morgan fingerprint density at radius 3 is 3.00 bits per heavy atom. The molecule has 5 nitrogen and oxygen atoms in total. The van der Waals surface area contributed by atoms with E-state index in [4.69, 9.17) is 5.84 Å². The van der Waals surface area contributed by atoms with Crippen molar-refractivity contribution in [2.75, 3.05) is 24.0 Å². The molecule has 1 aromatic rings. The first-order valence-corrected chi connectivity index (χ1v) is 6.98. The first kappa shape index (κ1) is 14.7. The topological polar surface area (TPSA) is 80.0 Å². The molecule has 1 rings (SSSR count). The van der Waals surface area contributed by atoms with E-state index in [1.54, 1.807) is 11.8 Å². The highest BCUT2D eigenvalue weighted by Gasteiger charge is 2.14. The summed E-state index contributed by atoms with van der Waals surface area (Å²) in [6, 6.07) is 1.33. The molecule has 1 aromatic heterocycles. The highest BCUT2D eigenvalue weighted by molar-refractivity contribution is 7.98. The number of carbonyl (C=O) groups is 1. The number of hydrogen-bond acceptors (Lipinski definition) is 5. The van der Waals surface area contributed by atoms with E-state index in [9.17, 15) is 9.18 Å². The van der Waals surface area contributed by atoms with Gasteiger partial charge in [0.25, 0.3) is 5.91 Å². The fourth-order valence-electron chi connectivity index (χ4n) is 1.39. The molecule has 1 amide bonds. The first-order valence-electron chi connectivity index (χ1n) is 5.59. The Kier molecular flexibility index (Phi) is 6.45. The van der Waals surface area contributed by atoms with Gasteiger partial charge in [-0.05, 0) is 30.9 Å². The largest absolute Gasteiger partial charge is 0.352 e. The van der Waals surface area contributed by atoms with Crippen LogP contribution in [0.15, 0.2) is 12.3 Å². The van der Waals surface area contributed by atoms with E-state index in [1.807, 2.05) is 6.26 Å². The highest BCUT2D eigenvalue weighted by atomic mass is 32.2. The zero-order chi connectivity index (χ0) is 13.4. The van der Waals surface area contributed by atoms with E-state index in [2.05, 4.69) is 15.7 Å². The molecule has 0 saturated heterocycles. The number of nitrogens with two attached hydrogens (primary N) is 1. The van der Waals surface area contributed by atoms with Crippen molar-refractivity contribution in [1.29, 1.82) is 0 Å². The Bertz CT molecular complexity index is 403. The average Bonchev–Trinajstić information content (AvgIpc) is 2.38. The van der Waals surface area contributed by atoms with Gasteiger partial charge < -0.3 is 10.7 Å². The summed E-state index contributed by atoms with van der Waals surface area (Å²) in [7, 11) is 0. The van der Waals surface area contributed by atoms with Crippen LogP contribution in [0.3, 0.4) is 0 Å². The number of amides is 1. The van der Waals surface area contributed by atoms with Gasteiger partial charge in [-0.25, -0.2) is 15.2 Å². The molecular formula is C11H17FN4OS. The summed E-state index contributed by atoms with van der Waals surface area (Å²) < 4.78 is 13.7. The minimum atomic E-state index is -0.735. The molecule has 0 aliphatic heterocycles. The van der Waals surface area contributed by atoms with Crippen LogP contribution in [-0.4, -0.2) is 29.4 Å². The number of thioether (sulfide) groups is 1. The number of hydrogen-bond donors (Lipinski definition) is 3. The van der Waals surface area contributed by atoms with Crippen molar-refractivity contribution in [3.63, 3.8) is 0 Å². The summed E-state index contributed by atoms with van der Waals surface area (Å²) in [5.74, 6) is 4.83. The quantitative estimate of drug-likeness (QED) is 0.397. The van der Waals surface area contributed by atoms with E-state index in [-0.39, 0.29) is 11.4 Å². The number of rotatable bonds is 7. The summed E-state index contributed by atoms with van der Waals surface area (Å²) in [6.45, 7) is 0.534. The monoisotopic (exact) mass is 272 g/mol. The second-order valence-electron chi connectivity index (χ2n) is 3.62. The second-order valence-corrected chi connectivity index (χ2v) is 4.61. The van der Waals surface area contributed by atoms with E-state index in [1.165, 1.54) is 12.3 Å². The summed E-state index contributed by atoms with van der Waals surface area (Å²) in [5.41, 5.74) is 2.05. The molecule has 0 aromatic carbocycles. The van der Waals surface area contributed by atoms with Gasteiger partial charge >= 0.3 is 0 Å².